The minimum absolute atomic E-state index is 0.0265. The van der Waals surface area contributed by atoms with Crippen molar-refractivity contribution < 1.29 is 19.4 Å². The number of rotatable bonds is 6. The number of carboxylic acid groups (broad SMARTS) is 1. The van der Waals surface area contributed by atoms with Crippen LogP contribution in [0.5, 0.6) is 0 Å². The van der Waals surface area contributed by atoms with Crippen molar-refractivity contribution in [3.63, 3.8) is 0 Å². The summed E-state index contributed by atoms with van der Waals surface area (Å²) in [7, 11) is 0. The number of nitrogens with zero attached hydrogens (tertiary/aromatic N) is 1. The van der Waals surface area contributed by atoms with E-state index < -0.39 is 12.0 Å². The first-order chi connectivity index (χ1) is 8.93. The van der Waals surface area contributed by atoms with Crippen molar-refractivity contribution in [1.82, 2.24) is 10.2 Å². The molecule has 0 spiro atoms. The molecule has 0 aromatic carbocycles. The van der Waals surface area contributed by atoms with Crippen molar-refractivity contribution in [3.05, 3.63) is 0 Å². The highest BCUT2D eigenvalue weighted by molar-refractivity contribution is 5.80. The summed E-state index contributed by atoms with van der Waals surface area (Å²) < 4.78 is 5.56. The van der Waals surface area contributed by atoms with Crippen LogP contribution in [0.2, 0.25) is 0 Å². The van der Waals surface area contributed by atoms with Gasteiger partial charge in [-0.05, 0) is 20.3 Å². The zero-order valence-electron chi connectivity index (χ0n) is 11.9. The third-order valence-electron chi connectivity index (χ3n) is 3.15. The highest BCUT2D eigenvalue weighted by Gasteiger charge is 2.26. The molecule has 2 N–H and O–H groups in total. The number of hydrogen-bond acceptors (Lipinski definition) is 4. The van der Waals surface area contributed by atoms with Gasteiger partial charge in [-0.2, -0.15) is 0 Å². The van der Waals surface area contributed by atoms with Gasteiger partial charge in [0.2, 0.25) is 5.91 Å². The molecule has 1 heterocycles. The highest BCUT2D eigenvalue weighted by Crippen LogP contribution is 2.10. The normalized spacial score (nSPS) is 25.1. The Hall–Kier alpha value is -1.14. The Morgan fingerprint density at radius 2 is 1.95 bits per heavy atom. The Morgan fingerprint density at radius 1 is 1.37 bits per heavy atom. The summed E-state index contributed by atoms with van der Waals surface area (Å²) >= 11 is 0. The minimum Gasteiger partial charge on any atom is -0.480 e. The molecular weight excluding hydrogens is 248 g/mol. The number of carboxylic acids is 1. The van der Waals surface area contributed by atoms with Gasteiger partial charge >= 0.3 is 5.97 Å². The molecule has 1 amide bonds. The summed E-state index contributed by atoms with van der Waals surface area (Å²) in [5.74, 6) is -0.970. The lowest BCUT2D eigenvalue weighted by Gasteiger charge is -2.35. The van der Waals surface area contributed by atoms with Crippen LogP contribution in [0.25, 0.3) is 0 Å². The maximum Gasteiger partial charge on any atom is 0.320 e. The molecule has 110 valence electrons. The fourth-order valence-corrected chi connectivity index (χ4v) is 2.31. The van der Waals surface area contributed by atoms with Crippen LogP contribution in [-0.4, -0.2) is 59.8 Å². The van der Waals surface area contributed by atoms with Gasteiger partial charge in [0.25, 0.3) is 0 Å². The van der Waals surface area contributed by atoms with Crippen LogP contribution in [0.15, 0.2) is 0 Å². The van der Waals surface area contributed by atoms with Gasteiger partial charge in [-0.3, -0.25) is 14.9 Å². The zero-order valence-corrected chi connectivity index (χ0v) is 11.9. The van der Waals surface area contributed by atoms with Crippen LogP contribution in [-0.2, 0) is 14.3 Å². The predicted octanol–water partition coefficient (Wildman–Crippen LogP) is 0.465. The van der Waals surface area contributed by atoms with Crippen molar-refractivity contribution in [2.24, 2.45) is 0 Å². The Labute approximate surface area is 114 Å². The molecule has 6 heteroatoms. The molecule has 1 fully saturated rings. The van der Waals surface area contributed by atoms with Crippen LogP contribution in [0.1, 0.15) is 33.6 Å². The Morgan fingerprint density at radius 3 is 2.42 bits per heavy atom. The highest BCUT2D eigenvalue weighted by atomic mass is 16.5. The number of morpholine rings is 1. The average molecular weight is 272 g/mol. The lowest BCUT2D eigenvalue weighted by atomic mass is 10.1. The van der Waals surface area contributed by atoms with E-state index in [9.17, 15) is 9.59 Å². The second kappa shape index (κ2) is 7.45. The van der Waals surface area contributed by atoms with Crippen LogP contribution in [0.4, 0.5) is 0 Å². The summed E-state index contributed by atoms with van der Waals surface area (Å²) in [6, 6.07) is -0.648. The smallest absolute Gasteiger partial charge is 0.320 e. The number of carbonyl (C=O) groups is 2. The van der Waals surface area contributed by atoms with Crippen molar-refractivity contribution >= 4 is 11.9 Å². The van der Waals surface area contributed by atoms with Crippen LogP contribution >= 0.6 is 0 Å². The summed E-state index contributed by atoms with van der Waals surface area (Å²) in [6.45, 7) is 6.98. The first kappa shape index (κ1) is 15.9. The molecule has 1 rings (SSSR count). The third-order valence-corrected chi connectivity index (χ3v) is 3.15. The molecule has 0 radical (unpaired) electrons. The van der Waals surface area contributed by atoms with Gasteiger partial charge in [0.05, 0.1) is 18.8 Å². The van der Waals surface area contributed by atoms with E-state index in [4.69, 9.17) is 9.84 Å². The van der Waals surface area contributed by atoms with Crippen LogP contribution < -0.4 is 5.32 Å². The van der Waals surface area contributed by atoms with Crippen LogP contribution in [0, 0.1) is 0 Å². The summed E-state index contributed by atoms with van der Waals surface area (Å²) in [5, 5.41) is 11.8. The van der Waals surface area contributed by atoms with Crippen molar-refractivity contribution in [1.29, 1.82) is 0 Å². The molecule has 0 aromatic rings. The lowest BCUT2D eigenvalue weighted by Crippen LogP contribution is -2.52. The molecular formula is C13H24N2O4. The Balaban J connectivity index is 2.43. The number of carbonyl (C=O) groups excluding carboxylic acids is 1. The molecule has 0 saturated carbocycles. The second-order valence-electron chi connectivity index (χ2n) is 5.12. The third kappa shape index (κ3) is 5.16. The molecule has 1 aliphatic heterocycles. The zero-order chi connectivity index (χ0) is 14.4. The van der Waals surface area contributed by atoms with E-state index >= 15 is 0 Å². The number of hydrogen-bond donors (Lipinski definition) is 2. The Kier molecular flexibility index (Phi) is 6.24. The topological polar surface area (TPSA) is 78.9 Å². The maximum absolute atomic E-state index is 12.0. The predicted molar refractivity (Wildman–Crippen MR) is 70.9 cm³/mol. The molecule has 3 atom stereocenters. The summed E-state index contributed by atoms with van der Waals surface area (Å²) in [4.78, 5) is 24.7. The Bertz CT molecular complexity index is 312. The molecule has 1 aliphatic rings. The van der Waals surface area contributed by atoms with Crippen molar-refractivity contribution in [2.45, 2.75) is 51.9 Å². The molecule has 1 saturated heterocycles. The molecule has 0 aliphatic carbocycles. The maximum atomic E-state index is 12.0. The van der Waals surface area contributed by atoms with Crippen molar-refractivity contribution in [2.75, 3.05) is 19.6 Å². The van der Waals surface area contributed by atoms with Gasteiger partial charge < -0.3 is 14.7 Å². The van der Waals surface area contributed by atoms with E-state index in [1.54, 1.807) is 4.90 Å². The number of nitrogens with one attached hydrogen (secondary N) is 1. The molecule has 19 heavy (non-hydrogen) atoms. The summed E-state index contributed by atoms with van der Waals surface area (Å²) in [6.07, 6.45) is 1.35. The van der Waals surface area contributed by atoms with Crippen molar-refractivity contribution in [3.8, 4) is 0 Å². The van der Waals surface area contributed by atoms with Gasteiger partial charge in [0.15, 0.2) is 0 Å². The first-order valence-electron chi connectivity index (χ1n) is 6.83. The molecule has 0 aromatic heterocycles. The van der Waals surface area contributed by atoms with Crippen LogP contribution in [0.3, 0.4) is 0 Å². The fourth-order valence-electron chi connectivity index (χ4n) is 2.31. The number of aliphatic carboxylic acids is 1. The minimum atomic E-state index is -0.904. The monoisotopic (exact) mass is 272 g/mol. The van der Waals surface area contributed by atoms with E-state index in [0.717, 1.165) is 6.42 Å². The molecule has 3 unspecified atom stereocenters. The second-order valence-corrected chi connectivity index (χ2v) is 5.12. The van der Waals surface area contributed by atoms with E-state index in [1.807, 2.05) is 20.8 Å². The van der Waals surface area contributed by atoms with Gasteiger partial charge in [0, 0.05) is 13.1 Å². The SMILES string of the molecule is CCCC(NCC(=O)N1CC(C)OC(C)C1)C(=O)O. The first-order valence-corrected chi connectivity index (χ1v) is 6.83. The average Bonchev–Trinajstić information content (AvgIpc) is 2.32. The largest absolute Gasteiger partial charge is 0.480 e. The van der Waals surface area contributed by atoms with Gasteiger partial charge in [-0.15, -0.1) is 0 Å². The molecule has 0 bridgehead atoms. The van der Waals surface area contributed by atoms with E-state index in [0.29, 0.717) is 19.5 Å². The lowest BCUT2D eigenvalue weighted by molar-refractivity contribution is -0.143. The van der Waals surface area contributed by atoms with Gasteiger partial charge in [-0.1, -0.05) is 13.3 Å². The van der Waals surface area contributed by atoms with Gasteiger partial charge in [0.1, 0.15) is 6.04 Å². The van der Waals surface area contributed by atoms with E-state index in [1.165, 1.54) is 0 Å². The fraction of sp³-hybridized carbons (Fsp3) is 0.846. The standard InChI is InChI=1S/C13H24N2O4/c1-4-5-11(13(17)18)14-6-12(16)15-7-9(2)19-10(3)8-15/h9-11,14H,4-8H2,1-3H3,(H,17,18). The quantitative estimate of drug-likeness (QED) is 0.734. The van der Waals surface area contributed by atoms with Gasteiger partial charge in [-0.25, -0.2) is 0 Å². The number of amides is 1. The summed E-state index contributed by atoms with van der Waals surface area (Å²) in [5.41, 5.74) is 0. The number of ether oxygens (including phenoxy) is 1. The van der Waals surface area contributed by atoms with E-state index in [2.05, 4.69) is 5.32 Å². The molecule has 6 nitrogen and oxygen atoms in total. The van der Waals surface area contributed by atoms with E-state index in [-0.39, 0.29) is 24.7 Å².